The van der Waals surface area contributed by atoms with Gasteiger partial charge in [-0.2, -0.15) is 4.57 Å². The fraction of sp³-hybridized carbons (Fsp3) is 0.174. The van der Waals surface area contributed by atoms with E-state index in [1.54, 1.807) is 0 Å². The van der Waals surface area contributed by atoms with E-state index >= 15 is 0 Å². The van der Waals surface area contributed by atoms with Gasteiger partial charge in [-0.05, 0) is 60.4 Å². The second-order valence-corrected chi connectivity index (χ2v) is 6.76. The zero-order chi connectivity index (χ0) is 17.6. The minimum absolute atomic E-state index is 1.24. The molecule has 0 fully saturated rings. The molecule has 0 spiro atoms. The summed E-state index contributed by atoms with van der Waals surface area (Å²) in [4.78, 5) is 0. The highest BCUT2D eigenvalue weighted by molar-refractivity contribution is 5.77. The molecule has 4 rings (SSSR count). The van der Waals surface area contributed by atoms with Crippen molar-refractivity contribution >= 4 is 11.0 Å². The van der Waals surface area contributed by atoms with E-state index in [1.807, 2.05) is 0 Å². The monoisotopic (exact) mass is 327 g/mol. The molecule has 0 N–H and O–H groups in total. The zero-order valence-electron chi connectivity index (χ0n) is 15.2. The van der Waals surface area contributed by atoms with Gasteiger partial charge in [-0.25, -0.2) is 4.57 Å². The Morgan fingerprint density at radius 3 is 2.00 bits per heavy atom. The van der Waals surface area contributed by atoms with Crippen LogP contribution in [0.1, 0.15) is 17.0 Å². The van der Waals surface area contributed by atoms with Gasteiger partial charge in [0.05, 0.1) is 7.05 Å². The average molecular weight is 327 g/mol. The van der Waals surface area contributed by atoms with Crippen molar-refractivity contribution in [1.29, 1.82) is 0 Å². The van der Waals surface area contributed by atoms with E-state index in [0.29, 0.717) is 0 Å². The average Bonchev–Trinajstić information content (AvgIpc) is 2.87. The van der Waals surface area contributed by atoms with Crippen molar-refractivity contribution in [3.63, 3.8) is 0 Å². The summed E-state index contributed by atoms with van der Waals surface area (Å²) in [5.74, 6) is 1.24. The van der Waals surface area contributed by atoms with E-state index in [-0.39, 0.29) is 0 Å². The highest BCUT2D eigenvalue weighted by Crippen LogP contribution is 2.30. The minimum atomic E-state index is 1.24. The van der Waals surface area contributed by atoms with Gasteiger partial charge in [0.15, 0.2) is 11.0 Å². The standard InChI is InChI=1S/C23H23N2/c1-16-14-20(19-10-6-5-7-11-19)15-17(2)23(16)25-18(3)24(4)21-12-8-9-13-22(21)25/h5-15H,1-4H3/q+1. The Kier molecular flexibility index (Phi) is 3.69. The van der Waals surface area contributed by atoms with Crippen LogP contribution < -0.4 is 4.57 Å². The number of aryl methyl sites for hydroxylation is 3. The Balaban J connectivity index is 1.98. The number of nitrogens with zero attached hydrogens (tertiary/aromatic N) is 2. The number of imidazole rings is 1. The van der Waals surface area contributed by atoms with Gasteiger partial charge in [-0.1, -0.05) is 42.5 Å². The maximum absolute atomic E-state index is 2.38. The van der Waals surface area contributed by atoms with Crippen molar-refractivity contribution < 1.29 is 4.57 Å². The molecule has 25 heavy (non-hydrogen) atoms. The van der Waals surface area contributed by atoms with Crippen molar-refractivity contribution in [2.45, 2.75) is 20.8 Å². The smallest absolute Gasteiger partial charge is 0.230 e. The molecule has 1 heterocycles. The highest BCUT2D eigenvalue weighted by atomic mass is 15.2. The number of benzene rings is 3. The van der Waals surface area contributed by atoms with Gasteiger partial charge in [0.1, 0.15) is 5.69 Å². The van der Waals surface area contributed by atoms with Crippen LogP contribution in [-0.2, 0) is 7.05 Å². The van der Waals surface area contributed by atoms with Crippen LogP contribution in [0.3, 0.4) is 0 Å². The van der Waals surface area contributed by atoms with Crippen LogP contribution in [0.15, 0.2) is 66.7 Å². The molecule has 0 aliphatic carbocycles. The van der Waals surface area contributed by atoms with E-state index in [1.165, 1.54) is 44.8 Å². The van der Waals surface area contributed by atoms with Crippen molar-refractivity contribution in [3.05, 3.63) is 83.7 Å². The molecule has 1 aromatic heterocycles. The molecular formula is C23H23N2+. The Hall–Kier alpha value is -2.87. The van der Waals surface area contributed by atoms with Crippen LogP contribution in [0.4, 0.5) is 0 Å². The molecule has 0 unspecified atom stereocenters. The summed E-state index contributed by atoms with van der Waals surface area (Å²) >= 11 is 0. The summed E-state index contributed by atoms with van der Waals surface area (Å²) in [7, 11) is 2.14. The van der Waals surface area contributed by atoms with E-state index in [9.17, 15) is 0 Å². The van der Waals surface area contributed by atoms with Crippen LogP contribution in [0.5, 0.6) is 0 Å². The van der Waals surface area contributed by atoms with Crippen molar-refractivity contribution in [3.8, 4) is 16.8 Å². The first-order valence-corrected chi connectivity index (χ1v) is 8.71. The molecule has 2 heteroatoms. The van der Waals surface area contributed by atoms with E-state index < -0.39 is 0 Å². The van der Waals surface area contributed by atoms with E-state index in [0.717, 1.165) is 0 Å². The number of aromatic nitrogens is 2. The fourth-order valence-electron chi connectivity index (χ4n) is 3.82. The van der Waals surface area contributed by atoms with E-state index in [4.69, 9.17) is 0 Å². The van der Waals surface area contributed by atoms with Gasteiger partial charge < -0.3 is 0 Å². The molecule has 3 aromatic carbocycles. The molecule has 2 nitrogen and oxygen atoms in total. The van der Waals surface area contributed by atoms with Crippen LogP contribution in [-0.4, -0.2) is 4.57 Å². The molecular weight excluding hydrogens is 304 g/mol. The first-order valence-electron chi connectivity index (χ1n) is 8.71. The second kappa shape index (κ2) is 5.89. The van der Waals surface area contributed by atoms with Gasteiger partial charge in [-0.15, -0.1) is 0 Å². The van der Waals surface area contributed by atoms with Gasteiger partial charge in [0, 0.05) is 6.92 Å². The third-order valence-corrected chi connectivity index (χ3v) is 5.11. The predicted molar refractivity (Wildman–Crippen MR) is 104 cm³/mol. The summed E-state index contributed by atoms with van der Waals surface area (Å²) in [5.41, 5.74) is 8.92. The lowest BCUT2D eigenvalue weighted by Gasteiger charge is -2.11. The van der Waals surface area contributed by atoms with Gasteiger partial charge in [0.2, 0.25) is 0 Å². The molecule has 0 saturated heterocycles. The summed E-state index contributed by atoms with van der Waals surface area (Å²) in [6.45, 7) is 6.61. The van der Waals surface area contributed by atoms with Crippen molar-refractivity contribution in [2.75, 3.05) is 0 Å². The number of hydrogen-bond donors (Lipinski definition) is 0. The van der Waals surface area contributed by atoms with Crippen LogP contribution in [0.25, 0.3) is 27.8 Å². The fourth-order valence-corrected chi connectivity index (χ4v) is 3.82. The summed E-state index contributed by atoms with van der Waals surface area (Å²) in [6, 6.07) is 23.8. The lowest BCUT2D eigenvalue weighted by molar-refractivity contribution is -0.652. The molecule has 0 aliphatic heterocycles. The van der Waals surface area contributed by atoms with Crippen LogP contribution in [0.2, 0.25) is 0 Å². The van der Waals surface area contributed by atoms with Crippen molar-refractivity contribution in [2.24, 2.45) is 7.05 Å². The molecule has 0 saturated carbocycles. The second-order valence-electron chi connectivity index (χ2n) is 6.76. The lowest BCUT2D eigenvalue weighted by Crippen LogP contribution is -2.30. The first-order chi connectivity index (χ1) is 12.1. The van der Waals surface area contributed by atoms with E-state index in [2.05, 4.69) is 104 Å². The number of para-hydroxylation sites is 2. The summed E-state index contributed by atoms with van der Waals surface area (Å²) in [6.07, 6.45) is 0. The maximum atomic E-state index is 2.38. The Morgan fingerprint density at radius 1 is 0.720 bits per heavy atom. The van der Waals surface area contributed by atoms with Gasteiger partial charge in [-0.3, -0.25) is 0 Å². The third-order valence-electron chi connectivity index (χ3n) is 5.11. The Morgan fingerprint density at radius 2 is 1.32 bits per heavy atom. The molecule has 4 aromatic rings. The number of rotatable bonds is 2. The highest BCUT2D eigenvalue weighted by Gasteiger charge is 2.23. The maximum Gasteiger partial charge on any atom is 0.259 e. The largest absolute Gasteiger partial charge is 0.259 e. The summed E-state index contributed by atoms with van der Waals surface area (Å²) < 4.78 is 4.65. The van der Waals surface area contributed by atoms with Crippen LogP contribution in [0, 0.1) is 20.8 Å². The molecule has 0 bridgehead atoms. The molecule has 0 atom stereocenters. The number of hydrogen-bond acceptors (Lipinski definition) is 0. The predicted octanol–water partition coefficient (Wildman–Crippen LogP) is 5.05. The number of fused-ring (bicyclic) bond motifs is 1. The van der Waals surface area contributed by atoms with Crippen molar-refractivity contribution in [1.82, 2.24) is 4.57 Å². The minimum Gasteiger partial charge on any atom is -0.230 e. The topological polar surface area (TPSA) is 8.81 Å². The zero-order valence-corrected chi connectivity index (χ0v) is 15.2. The molecule has 124 valence electrons. The molecule has 0 amide bonds. The van der Waals surface area contributed by atoms with Crippen LogP contribution >= 0.6 is 0 Å². The SMILES string of the molecule is Cc1cc(-c2ccccc2)cc(C)c1-n1c(C)[n+](C)c2ccccc21. The molecule has 0 radical (unpaired) electrons. The third kappa shape index (κ3) is 2.45. The Labute approximate surface area is 149 Å². The normalized spacial score (nSPS) is 11.2. The Bertz CT molecular complexity index is 1050. The molecule has 0 aliphatic rings. The van der Waals surface area contributed by atoms with Gasteiger partial charge >= 0.3 is 0 Å². The quantitative estimate of drug-likeness (QED) is 0.456. The first kappa shape index (κ1) is 15.6. The summed E-state index contributed by atoms with van der Waals surface area (Å²) in [5, 5.41) is 0. The lowest BCUT2D eigenvalue weighted by atomic mass is 9.98. The van der Waals surface area contributed by atoms with Gasteiger partial charge in [0.25, 0.3) is 5.82 Å².